The van der Waals surface area contributed by atoms with Crippen LogP contribution < -0.4 is 10.6 Å². The number of ether oxygens (including phenoxy) is 1. The van der Waals surface area contributed by atoms with Gasteiger partial charge in [0.25, 0.3) is 11.8 Å². The van der Waals surface area contributed by atoms with Crippen molar-refractivity contribution in [2.45, 2.75) is 65.0 Å². The molecule has 186 valence electrons. The zero-order valence-corrected chi connectivity index (χ0v) is 20.7. The van der Waals surface area contributed by atoms with E-state index in [0.717, 1.165) is 28.5 Å². The van der Waals surface area contributed by atoms with Crippen LogP contribution in [0.2, 0.25) is 0 Å². The van der Waals surface area contributed by atoms with Gasteiger partial charge in [-0.1, -0.05) is 57.2 Å². The van der Waals surface area contributed by atoms with Gasteiger partial charge in [0.1, 0.15) is 12.1 Å². The van der Waals surface area contributed by atoms with Gasteiger partial charge in [0.05, 0.1) is 0 Å². The van der Waals surface area contributed by atoms with Crippen LogP contribution in [0.25, 0.3) is 10.8 Å². The van der Waals surface area contributed by atoms with Gasteiger partial charge in [0.15, 0.2) is 6.10 Å². The molecular formula is C27H33N3O5. The Labute approximate surface area is 205 Å². The molecule has 1 saturated carbocycles. The molecular weight excluding hydrogens is 446 g/mol. The number of nitrogens with zero attached hydrogens (tertiary/aromatic N) is 1. The molecule has 0 radical (unpaired) electrons. The molecule has 1 atom stereocenters. The van der Waals surface area contributed by atoms with Crippen LogP contribution in [0.15, 0.2) is 42.5 Å². The van der Waals surface area contributed by atoms with E-state index in [1.807, 2.05) is 36.4 Å². The van der Waals surface area contributed by atoms with E-state index in [1.165, 1.54) is 6.92 Å². The standard InChI is InChI=1S/C27H33N3O5/c1-17(23(32)28-21-11-7-9-18-8-5-6-10-20(18)21)35-22(31)16-30-24(33)27(29-25(30)34)14-12-19(13-15-27)26(2,3)4/h5-11,17,19H,12-16H2,1-4H3,(H,28,32)(H,29,34). The van der Waals surface area contributed by atoms with E-state index in [9.17, 15) is 19.2 Å². The maximum Gasteiger partial charge on any atom is 0.327 e. The van der Waals surface area contributed by atoms with Gasteiger partial charge in [-0.05, 0) is 55.4 Å². The molecule has 2 fully saturated rings. The summed E-state index contributed by atoms with van der Waals surface area (Å²) in [4.78, 5) is 51.8. The van der Waals surface area contributed by atoms with Crippen molar-refractivity contribution in [2.75, 3.05) is 11.9 Å². The van der Waals surface area contributed by atoms with E-state index >= 15 is 0 Å². The maximum atomic E-state index is 13.1. The van der Waals surface area contributed by atoms with Gasteiger partial charge in [-0.3, -0.25) is 19.3 Å². The number of fused-ring (bicyclic) bond motifs is 1. The number of nitrogens with one attached hydrogen (secondary N) is 2. The first-order chi connectivity index (χ1) is 16.5. The molecule has 4 rings (SSSR count). The Hall–Kier alpha value is -3.42. The summed E-state index contributed by atoms with van der Waals surface area (Å²) in [6, 6.07) is 12.6. The molecule has 2 aliphatic rings. The Bertz CT molecular complexity index is 1160. The van der Waals surface area contributed by atoms with Crippen LogP contribution in [0.3, 0.4) is 0 Å². The predicted molar refractivity (Wildman–Crippen MR) is 133 cm³/mol. The van der Waals surface area contributed by atoms with E-state index in [0.29, 0.717) is 24.4 Å². The van der Waals surface area contributed by atoms with Crippen molar-refractivity contribution in [2.24, 2.45) is 11.3 Å². The van der Waals surface area contributed by atoms with E-state index in [2.05, 4.69) is 31.4 Å². The molecule has 1 unspecified atom stereocenters. The molecule has 1 aliphatic carbocycles. The quantitative estimate of drug-likeness (QED) is 0.493. The number of urea groups is 1. The fourth-order valence-corrected chi connectivity index (χ4v) is 5.12. The van der Waals surface area contributed by atoms with Crippen molar-refractivity contribution in [3.05, 3.63) is 42.5 Å². The summed E-state index contributed by atoms with van der Waals surface area (Å²) >= 11 is 0. The molecule has 8 heteroatoms. The number of rotatable bonds is 5. The highest BCUT2D eigenvalue weighted by Crippen LogP contribution is 2.43. The lowest BCUT2D eigenvalue weighted by Gasteiger charge is -2.40. The summed E-state index contributed by atoms with van der Waals surface area (Å²) in [5, 5.41) is 7.45. The van der Waals surface area contributed by atoms with Crippen LogP contribution in [0, 0.1) is 11.3 Å². The fourth-order valence-electron chi connectivity index (χ4n) is 5.12. The van der Waals surface area contributed by atoms with Gasteiger partial charge in [0, 0.05) is 11.1 Å². The summed E-state index contributed by atoms with van der Waals surface area (Å²) in [5.41, 5.74) is -0.200. The van der Waals surface area contributed by atoms with Gasteiger partial charge in [0.2, 0.25) is 0 Å². The Morgan fingerprint density at radius 3 is 2.46 bits per heavy atom. The number of anilines is 1. The SMILES string of the molecule is CC(OC(=O)CN1C(=O)NC2(CCC(C(C)(C)C)CC2)C1=O)C(=O)Nc1cccc2ccccc12. The lowest BCUT2D eigenvalue weighted by Crippen LogP contribution is -2.50. The van der Waals surface area contributed by atoms with Gasteiger partial charge in [-0.25, -0.2) is 4.79 Å². The molecule has 2 N–H and O–H groups in total. The summed E-state index contributed by atoms with van der Waals surface area (Å²) in [6.07, 6.45) is 1.67. The third-order valence-electron chi connectivity index (χ3n) is 7.32. The Kier molecular flexibility index (Phi) is 6.58. The highest BCUT2D eigenvalue weighted by Gasteiger charge is 2.53. The van der Waals surface area contributed by atoms with Crippen LogP contribution >= 0.6 is 0 Å². The Balaban J connectivity index is 1.34. The number of carbonyl (C=O) groups excluding carboxylic acids is 4. The minimum atomic E-state index is -1.10. The number of imide groups is 1. The van der Waals surface area contributed by atoms with Crippen molar-refractivity contribution in [1.82, 2.24) is 10.2 Å². The number of amides is 4. The lowest BCUT2D eigenvalue weighted by atomic mass is 9.67. The Morgan fingerprint density at radius 2 is 1.77 bits per heavy atom. The summed E-state index contributed by atoms with van der Waals surface area (Å²) < 4.78 is 5.27. The first-order valence-corrected chi connectivity index (χ1v) is 12.1. The smallest absolute Gasteiger partial charge is 0.327 e. The third kappa shape index (κ3) is 5.01. The zero-order valence-electron chi connectivity index (χ0n) is 20.7. The highest BCUT2D eigenvalue weighted by molar-refractivity contribution is 6.09. The largest absolute Gasteiger partial charge is 0.451 e. The average Bonchev–Trinajstić information content (AvgIpc) is 3.02. The number of hydrogen-bond acceptors (Lipinski definition) is 5. The summed E-state index contributed by atoms with van der Waals surface area (Å²) in [7, 11) is 0. The molecule has 1 aliphatic heterocycles. The summed E-state index contributed by atoms with van der Waals surface area (Å²) in [5.74, 6) is -1.23. The molecule has 1 heterocycles. The second kappa shape index (κ2) is 9.32. The molecule has 35 heavy (non-hydrogen) atoms. The molecule has 0 aromatic heterocycles. The van der Waals surface area contributed by atoms with Crippen molar-refractivity contribution in [1.29, 1.82) is 0 Å². The molecule has 1 saturated heterocycles. The first kappa shape index (κ1) is 24.7. The summed E-state index contributed by atoms with van der Waals surface area (Å²) in [6.45, 7) is 7.49. The van der Waals surface area contributed by atoms with E-state index < -0.39 is 36.1 Å². The predicted octanol–water partition coefficient (Wildman–Crippen LogP) is 4.24. The highest BCUT2D eigenvalue weighted by atomic mass is 16.5. The second-order valence-corrected chi connectivity index (χ2v) is 10.7. The van der Waals surface area contributed by atoms with E-state index in [1.54, 1.807) is 6.07 Å². The minimum absolute atomic E-state index is 0.138. The van der Waals surface area contributed by atoms with Gasteiger partial charge in [-0.2, -0.15) is 0 Å². The van der Waals surface area contributed by atoms with Crippen molar-refractivity contribution >= 4 is 40.3 Å². The van der Waals surface area contributed by atoms with Crippen molar-refractivity contribution in [3.63, 3.8) is 0 Å². The van der Waals surface area contributed by atoms with Crippen molar-refractivity contribution < 1.29 is 23.9 Å². The average molecular weight is 480 g/mol. The minimum Gasteiger partial charge on any atom is -0.451 e. The topological polar surface area (TPSA) is 105 Å². The first-order valence-electron chi connectivity index (χ1n) is 12.1. The fraction of sp³-hybridized carbons (Fsp3) is 0.481. The van der Waals surface area contributed by atoms with Crippen LogP contribution in [0.4, 0.5) is 10.5 Å². The molecule has 2 aromatic carbocycles. The van der Waals surface area contributed by atoms with E-state index in [-0.39, 0.29) is 11.3 Å². The van der Waals surface area contributed by atoms with Gasteiger partial charge in [-0.15, -0.1) is 0 Å². The second-order valence-electron chi connectivity index (χ2n) is 10.7. The van der Waals surface area contributed by atoms with Gasteiger partial charge < -0.3 is 15.4 Å². The monoisotopic (exact) mass is 479 g/mol. The Morgan fingerprint density at radius 1 is 1.11 bits per heavy atom. The van der Waals surface area contributed by atoms with Crippen LogP contribution in [0.5, 0.6) is 0 Å². The number of hydrogen-bond donors (Lipinski definition) is 2. The van der Waals surface area contributed by atoms with Crippen LogP contribution in [-0.2, 0) is 19.1 Å². The molecule has 4 amide bonds. The number of carbonyl (C=O) groups is 4. The molecule has 2 aromatic rings. The van der Waals surface area contributed by atoms with Crippen LogP contribution in [-0.4, -0.2) is 46.9 Å². The normalized spacial score (nSPS) is 23.3. The van der Waals surface area contributed by atoms with Crippen LogP contribution in [0.1, 0.15) is 53.4 Å². The van der Waals surface area contributed by atoms with Gasteiger partial charge >= 0.3 is 12.0 Å². The third-order valence-corrected chi connectivity index (χ3v) is 7.32. The maximum absolute atomic E-state index is 13.1. The lowest BCUT2D eigenvalue weighted by molar-refractivity contribution is -0.155. The zero-order chi connectivity index (χ0) is 25.4. The number of benzene rings is 2. The molecule has 8 nitrogen and oxygen atoms in total. The van der Waals surface area contributed by atoms with Crippen molar-refractivity contribution in [3.8, 4) is 0 Å². The molecule has 1 spiro atoms. The number of esters is 1. The molecule has 0 bridgehead atoms. The van der Waals surface area contributed by atoms with E-state index in [4.69, 9.17) is 4.74 Å².